The SMILES string of the molecule is C=CCOC(=O)COC1=C(C(=O)O)CC(c2cccc(NC3CCN(S(=O)(=O)Cc4ccccc4)CC3)c2)=C1Br. The molecule has 212 valence electrons. The lowest BCUT2D eigenvalue weighted by Gasteiger charge is -2.32. The van der Waals surface area contributed by atoms with Crippen LogP contribution in [0.1, 0.15) is 30.4 Å². The highest BCUT2D eigenvalue weighted by molar-refractivity contribution is 9.12. The zero-order valence-corrected chi connectivity index (χ0v) is 24.2. The molecule has 0 saturated carbocycles. The molecule has 11 heteroatoms. The first kappa shape index (κ1) is 29.6. The highest BCUT2D eigenvalue weighted by Crippen LogP contribution is 2.42. The Morgan fingerprint density at radius 1 is 1.12 bits per heavy atom. The second-order valence-corrected chi connectivity index (χ2v) is 12.2. The minimum atomic E-state index is -3.39. The molecule has 2 aromatic rings. The first-order valence-corrected chi connectivity index (χ1v) is 15.2. The van der Waals surface area contributed by atoms with E-state index in [0.29, 0.717) is 30.4 Å². The van der Waals surface area contributed by atoms with E-state index < -0.39 is 28.6 Å². The maximum atomic E-state index is 12.9. The van der Waals surface area contributed by atoms with Crippen molar-refractivity contribution in [2.75, 3.05) is 31.6 Å². The van der Waals surface area contributed by atoms with Crippen molar-refractivity contribution in [3.63, 3.8) is 0 Å². The summed E-state index contributed by atoms with van der Waals surface area (Å²) in [7, 11) is -3.39. The summed E-state index contributed by atoms with van der Waals surface area (Å²) in [5.74, 6) is -1.67. The molecule has 0 bridgehead atoms. The average molecular weight is 632 g/mol. The number of aliphatic carboxylic acids is 1. The summed E-state index contributed by atoms with van der Waals surface area (Å²) in [5.41, 5.74) is 3.17. The van der Waals surface area contributed by atoms with E-state index in [1.807, 2.05) is 54.6 Å². The predicted molar refractivity (Wildman–Crippen MR) is 156 cm³/mol. The molecular formula is C29H31BrN2O7S. The van der Waals surface area contributed by atoms with Gasteiger partial charge in [0, 0.05) is 31.2 Å². The number of hydrogen-bond donors (Lipinski definition) is 2. The van der Waals surface area contributed by atoms with Gasteiger partial charge in [0.1, 0.15) is 12.4 Å². The molecule has 1 heterocycles. The average Bonchev–Trinajstić information content (AvgIpc) is 3.27. The molecule has 1 aliphatic carbocycles. The van der Waals surface area contributed by atoms with Crippen molar-refractivity contribution in [2.45, 2.75) is 31.1 Å². The minimum Gasteiger partial charge on any atom is -0.480 e. The van der Waals surface area contributed by atoms with Crippen LogP contribution in [0.4, 0.5) is 5.69 Å². The predicted octanol–water partition coefficient (Wildman–Crippen LogP) is 4.69. The fourth-order valence-electron chi connectivity index (χ4n) is 4.67. The van der Waals surface area contributed by atoms with Crippen LogP contribution >= 0.6 is 15.9 Å². The zero-order valence-electron chi connectivity index (χ0n) is 21.8. The lowest BCUT2D eigenvalue weighted by Crippen LogP contribution is -2.42. The highest BCUT2D eigenvalue weighted by Gasteiger charge is 2.31. The van der Waals surface area contributed by atoms with Crippen molar-refractivity contribution in [1.29, 1.82) is 0 Å². The quantitative estimate of drug-likeness (QED) is 0.256. The van der Waals surface area contributed by atoms with Crippen LogP contribution in [0.15, 0.2) is 83.1 Å². The number of benzene rings is 2. The molecule has 4 rings (SSSR count). The zero-order chi connectivity index (χ0) is 28.7. The summed E-state index contributed by atoms with van der Waals surface area (Å²) >= 11 is 3.47. The van der Waals surface area contributed by atoms with E-state index in [1.54, 1.807) is 4.31 Å². The van der Waals surface area contributed by atoms with Gasteiger partial charge in [-0.05, 0) is 57.6 Å². The number of carboxylic acid groups (broad SMARTS) is 1. The molecule has 40 heavy (non-hydrogen) atoms. The van der Waals surface area contributed by atoms with Crippen molar-refractivity contribution in [3.05, 3.63) is 94.2 Å². The van der Waals surface area contributed by atoms with Crippen molar-refractivity contribution < 1.29 is 32.6 Å². The monoisotopic (exact) mass is 630 g/mol. The Morgan fingerprint density at radius 3 is 2.52 bits per heavy atom. The molecule has 0 unspecified atom stereocenters. The number of carbonyl (C=O) groups is 2. The molecule has 1 aliphatic heterocycles. The van der Waals surface area contributed by atoms with Crippen LogP contribution in [0.3, 0.4) is 0 Å². The normalized spacial score (nSPS) is 16.6. The van der Waals surface area contributed by atoms with Gasteiger partial charge in [-0.2, -0.15) is 0 Å². The van der Waals surface area contributed by atoms with Gasteiger partial charge in [-0.1, -0.05) is 55.1 Å². The van der Waals surface area contributed by atoms with Gasteiger partial charge in [-0.15, -0.1) is 0 Å². The Hall–Kier alpha value is -3.41. The van der Waals surface area contributed by atoms with Gasteiger partial charge in [0.05, 0.1) is 15.8 Å². The number of allylic oxidation sites excluding steroid dienone is 2. The molecule has 0 aromatic heterocycles. The summed E-state index contributed by atoms with van der Waals surface area (Å²) in [4.78, 5) is 23.7. The van der Waals surface area contributed by atoms with Gasteiger partial charge >= 0.3 is 11.9 Å². The molecule has 2 aromatic carbocycles. The second kappa shape index (κ2) is 13.3. The van der Waals surface area contributed by atoms with Gasteiger partial charge in [-0.25, -0.2) is 22.3 Å². The van der Waals surface area contributed by atoms with Gasteiger partial charge < -0.3 is 19.9 Å². The maximum absolute atomic E-state index is 12.9. The summed E-state index contributed by atoms with van der Waals surface area (Å²) in [6.45, 7) is 3.96. The van der Waals surface area contributed by atoms with Crippen LogP contribution in [0.5, 0.6) is 0 Å². The Balaban J connectivity index is 1.39. The van der Waals surface area contributed by atoms with E-state index in [2.05, 4.69) is 27.8 Å². The van der Waals surface area contributed by atoms with E-state index >= 15 is 0 Å². The molecule has 0 spiro atoms. The molecule has 0 radical (unpaired) electrons. The third kappa shape index (κ3) is 7.41. The maximum Gasteiger partial charge on any atom is 0.344 e. The molecule has 0 amide bonds. The summed E-state index contributed by atoms with van der Waals surface area (Å²) in [5, 5.41) is 13.2. The van der Waals surface area contributed by atoms with E-state index in [4.69, 9.17) is 9.47 Å². The topological polar surface area (TPSA) is 122 Å². The third-order valence-electron chi connectivity index (χ3n) is 6.67. The molecule has 9 nitrogen and oxygen atoms in total. The number of ether oxygens (including phenoxy) is 2. The van der Waals surface area contributed by atoms with Crippen LogP contribution in [-0.2, 0) is 34.8 Å². The van der Waals surface area contributed by atoms with Gasteiger partial charge in [0.15, 0.2) is 6.61 Å². The van der Waals surface area contributed by atoms with Crippen molar-refractivity contribution >= 4 is 49.2 Å². The number of carbonyl (C=O) groups excluding carboxylic acids is 1. The molecule has 0 atom stereocenters. The Morgan fingerprint density at radius 2 is 1.85 bits per heavy atom. The number of rotatable bonds is 12. The molecule has 1 fully saturated rings. The molecular weight excluding hydrogens is 600 g/mol. The van der Waals surface area contributed by atoms with Crippen LogP contribution < -0.4 is 5.32 Å². The molecule has 2 N–H and O–H groups in total. The number of nitrogens with one attached hydrogen (secondary N) is 1. The fourth-order valence-corrected chi connectivity index (χ4v) is 6.95. The van der Waals surface area contributed by atoms with Crippen LogP contribution in [-0.4, -0.2) is 62.1 Å². The summed E-state index contributed by atoms with van der Waals surface area (Å²) in [6, 6.07) is 16.9. The number of carboxylic acids is 1. The number of esters is 1. The smallest absolute Gasteiger partial charge is 0.344 e. The first-order chi connectivity index (χ1) is 19.2. The number of nitrogens with zero attached hydrogens (tertiary/aromatic N) is 1. The Kier molecular flexibility index (Phi) is 9.83. The second-order valence-electron chi connectivity index (χ2n) is 9.48. The van der Waals surface area contributed by atoms with Crippen molar-refractivity contribution in [2.24, 2.45) is 0 Å². The van der Waals surface area contributed by atoms with Crippen LogP contribution in [0, 0.1) is 0 Å². The Bertz CT molecular complexity index is 1430. The fraction of sp³-hybridized carbons (Fsp3) is 0.310. The Labute approximate surface area is 242 Å². The van der Waals surface area contributed by atoms with Crippen molar-refractivity contribution in [3.8, 4) is 0 Å². The van der Waals surface area contributed by atoms with E-state index in [1.165, 1.54) is 6.08 Å². The number of hydrogen-bond acceptors (Lipinski definition) is 7. The van der Waals surface area contributed by atoms with E-state index in [0.717, 1.165) is 22.4 Å². The standard InChI is InChI=1S/C29H31BrN2O7S/c1-2-15-38-26(33)18-39-28-25(29(34)35)17-24(27(28)30)21-9-6-10-23(16-21)31-22-11-13-32(14-12-22)40(36,37)19-20-7-4-3-5-8-20/h2-10,16,22,31H,1,11-15,17-19H2,(H,34,35). The van der Waals surface area contributed by atoms with Gasteiger partial charge in [-0.3, -0.25) is 0 Å². The van der Waals surface area contributed by atoms with Gasteiger partial charge in [0.2, 0.25) is 10.0 Å². The molecule has 2 aliphatic rings. The number of anilines is 1. The van der Waals surface area contributed by atoms with Crippen LogP contribution in [0.25, 0.3) is 5.57 Å². The summed E-state index contributed by atoms with van der Waals surface area (Å²) in [6.07, 6.45) is 2.88. The van der Waals surface area contributed by atoms with Crippen molar-refractivity contribution in [1.82, 2.24) is 4.31 Å². The summed E-state index contributed by atoms with van der Waals surface area (Å²) < 4.78 is 38.2. The lowest BCUT2D eigenvalue weighted by molar-refractivity contribution is -0.146. The highest BCUT2D eigenvalue weighted by atomic mass is 79.9. The third-order valence-corrected chi connectivity index (χ3v) is 9.36. The minimum absolute atomic E-state index is 0.00789. The van der Waals surface area contributed by atoms with Gasteiger partial charge in [0.25, 0.3) is 0 Å². The van der Waals surface area contributed by atoms with E-state index in [9.17, 15) is 23.1 Å². The van der Waals surface area contributed by atoms with Crippen LogP contribution in [0.2, 0.25) is 0 Å². The lowest BCUT2D eigenvalue weighted by atomic mass is 10.0. The number of halogens is 1. The number of sulfonamides is 1. The number of piperidine rings is 1. The van der Waals surface area contributed by atoms with E-state index in [-0.39, 0.29) is 36.2 Å². The molecule has 1 saturated heterocycles. The largest absolute Gasteiger partial charge is 0.480 e. The first-order valence-electron chi connectivity index (χ1n) is 12.8.